The van der Waals surface area contributed by atoms with Crippen LogP contribution in [0.2, 0.25) is 0 Å². The Kier molecular flexibility index (Phi) is 7.28. The molecule has 1 atom stereocenters. The van der Waals surface area contributed by atoms with Crippen molar-refractivity contribution >= 4 is 24.3 Å². The second-order valence-electron chi connectivity index (χ2n) is 6.36. The van der Waals surface area contributed by atoms with Gasteiger partial charge in [0.2, 0.25) is 0 Å². The zero-order valence-corrected chi connectivity index (χ0v) is 15.0. The van der Waals surface area contributed by atoms with Crippen LogP contribution < -0.4 is 4.74 Å². The number of rotatable bonds is 4. The average Bonchev–Trinajstić information content (AvgIpc) is 2.59. The number of carbonyl (C=O) groups excluding carboxylic acids is 1. The number of nitrogens with zero attached hydrogens (tertiary/aromatic N) is 1. The van der Waals surface area contributed by atoms with Crippen molar-refractivity contribution in [3.05, 3.63) is 35.4 Å². The fraction of sp³-hybridized carbons (Fsp3) is 0.526. The van der Waals surface area contributed by atoms with Crippen molar-refractivity contribution in [2.75, 3.05) is 40.0 Å². The molecule has 1 aliphatic carbocycles. The third-order valence-corrected chi connectivity index (χ3v) is 4.74. The number of methoxy groups -OCH3 is 1. The molecule has 4 nitrogen and oxygen atoms in total. The quantitative estimate of drug-likeness (QED) is 0.781. The predicted octanol–water partition coefficient (Wildman–Crippen LogP) is 3.20. The normalized spacial score (nSPS) is 23.8. The molecule has 2 fully saturated rings. The second kappa shape index (κ2) is 9.21. The van der Waals surface area contributed by atoms with Gasteiger partial charge in [0.25, 0.3) is 0 Å². The van der Waals surface area contributed by atoms with E-state index in [0.717, 1.165) is 62.6 Å². The minimum Gasteiger partial charge on any atom is -0.496 e. The van der Waals surface area contributed by atoms with Gasteiger partial charge in [-0.2, -0.15) is 0 Å². The molecular formula is C19H26ClNO3. The van der Waals surface area contributed by atoms with Crippen molar-refractivity contribution in [2.24, 2.45) is 5.92 Å². The highest BCUT2D eigenvalue weighted by Gasteiger charge is 2.26. The Morgan fingerprint density at radius 1 is 1.29 bits per heavy atom. The molecule has 0 radical (unpaired) electrons. The lowest BCUT2D eigenvalue weighted by molar-refractivity contribution is -0.117. The van der Waals surface area contributed by atoms with Gasteiger partial charge in [-0.1, -0.05) is 18.2 Å². The molecule has 3 rings (SSSR count). The molecule has 1 heterocycles. The minimum atomic E-state index is 0. The van der Waals surface area contributed by atoms with E-state index in [1.54, 1.807) is 7.11 Å². The summed E-state index contributed by atoms with van der Waals surface area (Å²) < 4.78 is 10.8. The lowest BCUT2D eigenvalue weighted by Gasteiger charge is -2.32. The van der Waals surface area contributed by atoms with Gasteiger partial charge in [-0.3, -0.25) is 9.69 Å². The molecule has 1 aromatic rings. The predicted molar refractivity (Wildman–Crippen MR) is 97.8 cm³/mol. The number of ketones is 1. The van der Waals surface area contributed by atoms with Crippen LogP contribution in [-0.4, -0.2) is 50.6 Å². The monoisotopic (exact) mass is 351 g/mol. The van der Waals surface area contributed by atoms with Crippen molar-refractivity contribution in [1.82, 2.24) is 4.90 Å². The van der Waals surface area contributed by atoms with Crippen LogP contribution in [0.4, 0.5) is 0 Å². The summed E-state index contributed by atoms with van der Waals surface area (Å²) in [5.41, 5.74) is 1.93. The molecule has 1 aromatic carbocycles. The number of hydrogen-bond donors (Lipinski definition) is 0. The van der Waals surface area contributed by atoms with E-state index in [2.05, 4.69) is 4.90 Å². The molecule has 0 aromatic heterocycles. The van der Waals surface area contributed by atoms with Crippen LogP contribution in [0.5, 0.6) is 5.75 Å². The number of para-hydroxylation sites is 1. The molecule has 1 saturated carbocycles. The third kappa shape index (κ3) is 4.82. The van der Waals surface area contributed by atoms with Crippen LogP contribution in [0.3, 0.4) is 0 Å². The third-order valence-electron chi connectivity index (χ3n) is 4.74. The summed E-state index contributed by atoms with van der Waals surface area (Å²) in [6.07, 6.45) is 4.63. The first-order valence-electron chi connectivity index (χ1n) is 8.43. The van der Waals surface area contributed by atoms with Gasteiger partial charge in [0, 0.05) is 31.6 Å². The lowest BCUT2D eigenvalue weighted by atomic mass is 9.83. The number of ether oxygens (including phenoxy) is 2. The zero-order chi connectivity index (χ0) is 16.1. The van der Waals surface area contributed by atoms with Gasteiger partial charge < -0.3 is 9.47 Å². The van der Waals surface area contributed by atoms with Gasteiger partial charge in [-0.15, -0.1) is 12.4 Å². The second-order valence-corrected chi connectivity index (χ2v) is 6.36. The number of halogens is 1. The molecule has 1 unspecified atom stereocenters. The van der Waals surface area contributed by atoms with Gasteiger partial charge in [0.05, 0.1) is 20.3 Å². The van der Waals surface area contributed by atoms with Crippen LogP contribution in [0.15, 0.2) is 29.8 Å². The van der Waals surface area contributed by atoms with Crippen molar-refractivity contribution < 1.29 is 14.3 Å². The number of carbonyl (C=O) groups is 1. The summed E-state index contributed by atoms with van der Waals surface area (Å²) in [5.74, 6) is 1.60. The Morgan fingerprint density at radius 2 is 2.04 bits per heavy atom. The van der Waals surface area contributed by atoms with Crippen molar-refractivity contribution in [1.29, 1.82) is 0 Å². The van der Waals surface area contributed by atoms with Gasteiger partial charge >= 0.3 is 0 Å². The maximum absolute atomic E-state index is 12.5. The summed E-state index contributed by atoms with van der Waals surface area (Å²) in [4.78, 5) is 14.9. The van der Waals surface area contributed by atoms with Gasteiger partial charge in [0.15, 0.2) is 5.78 Å². The average molecular weight is 352 g/mol. The SMILES string of the molecule is COc1ccccc1/C=C1/CCC(CN2CCOCC2)CC1=O.Cl. The highest BCUT2D eigenvalue weighted by molar-refractivity contribution is 6.00. The molecule has 1 saturated heterocycles. The first-order chi connectivity index (χ1) is 11.3. The summed E-state index contributed by atoms with van der Waals surface area (Å²) >= 11 is 0. The van der Waals surface area contributed by atoms with E-state index >= 15 is 0 Å². The molecule has 0 bridgehead atoms. The minimum absolute atomic E-state index is 0. The maximum Gasteiger partial charge on any atom is 0.159 e. The number of allylic oxidation sites excluding steroid dienone is 1. The van der Waals surface area contributed by atoms with E-state index in [-0.39, 0.29) is 12.4 Å². The standard InChI is InChI=1S/C19H25NO3.ClH/c1-22-19-5-3-2-4-17(19)13-16-7-6-15(12-18(16)21)14-20-8-10-23-11-9-20;/h2-5,13,15H,6-12,14H2,1H3;1H/b16-13-;. The molecule has 24 heavy (non-hydrogen) atoms. The van der Waals surface area contributed by atoms with Gasteiger partial charge in [-0.25, -0.2) is 0 Å². The van der Waals surface area contributed by atoms with E-state index in [4.69, 9.17) is 9.47 Å². The van der Waals surface area contributed by atoms with E-state index < -0.39 is 0 Å². The largest absolute Gasteiger partial charge is 0.496 e. The summed E-state index contributed by atoms with van der Waals surface area (Å²) in [7, 11) is 1.67. The Morgan fingerprint density at radius 3 is 2.75 bits per heavy atom. The topological polar surface area (TPSA) is 38.8 Å². The van der Waals surface area contributed by atoms with E-state index in [9.17, 15) is 4.79 Å². The summed E-state index contributed by atoms with van der Waals surface area (Å²) in [6, 6.07) is 7.85. The maximum atomic E-state index is 12.5. The molecule has 0 amide bonds. The van der Waals surface area contributed by atoms with E-state index in [1.807, 2.05) is 30.3 Å². The van der Waals surface area contributed by atoms with Crippen molar-refractivity contribution in [2.45, 2.75) is 19.3 Å². The van der Waals surface area contributed by atoms with Crippen LogP contribution in [-0.2, 0) is 9.53 Å². The Labute approximate surface area is 150 Å². The zero-order valence-electron chi connectivity index (χ0n) is 14.2. The van der Waals surface area contributed by atoms with Crippen LogP contribution in [0.1, 0.15) is 24.8 Å². The molecule has 5 heteroatoms. The van der Waals surface area contributed by atoms with Crippen LogP contribution in [0.25, 0.3) is 6.08 Å². The fourth-order valence-electron chi connectivity index (χ4n) is 3.43. The number of morpholine rings is 1. The highest BCUT2D eigenvalue weighted by atomic mass is 35.5. The summed E-state index contributed by atoms with van der Waals surface area (Å²) in [6.45, 7) is 4.65. The smallest absolute Gasteiger partial charge is 0.159 e. The molecule has 1 aliphatic heterocycles. The highest BCUT2D eigenvalue weighted by Crippen LogP contribution is 2.30. The number of Topliss-reactive ketones (excluding diaryl/α,β-unsaturated/α-hetero) is 1. The number of hydrogen-bond acceptors (Lipinski definition) is 4. The molecule has 132 valence electrons. The first-order valence-corrected chi connectivity index (χ1v) is 8.43. The van der Waals surface area contributed by atoms with Crippen molar-refractivity contribution in [3.8, 4) is 5.75 Å². The summed E-state index contributed by atoms with van der Waals surface area (Å²) in [5, 5.41) is 0. The van der Waals surface area contributed by atoms with Gasteiger partial charge in [0.1, 0.15) is 5.75 Å². The van der Waals surface area contributed by atoms with E-state index in [1.165, 1.54) is 0 Å². The first kappa shape index (κ1) is 19.0. The van der Waals surface area contributed by atoms with Crippen LogP contribution >= 0.6 is 12.4 Å². The van der Waals surface area contributed by atoms with E-state index in [0.29, 0.717) is 18.1 Å². The van der Waals surface area contributed by atoms with Gasteiger partial charge in [-0.05, 0) is 36.5 Å². The number of benzene rings is 1. The van der Waals surface area contributed by atoms with Crippen LogP contribution in [0, 0.1) is 5.92 Å². The Balaban J connectivity index is 0.00000208. The lowest BCUT2D eigenvalue weighted by Crippen LogP contribution is -2.40. The molecule has 2 aliphatic rings. The van der Waals surface area contributed by atoms with Crippen molar-refractivity contribution in [3.63, 3.8) is 0 Å². The Bertz CT molecular complexity index is 582. The molecule has 0 spiro atoms. The molecular weight excluding hydrogens is 326 g/mol. The Hall–Kier alpha value is -1.36. The molecule has 0 N–H and O–H groups in total. The fourth-order valence-corrected chi connectivity index (χ4v) is 3.43.